The maximum Gasteiger partial charge on any atom is 0.508 e. The Kier molecular flexibility index (Phi) is 3.37. The molecule has 0 aromatic heterocycles. The first-order valence-corrected chi connectivity index (χ1v) is 4.74. The standard InChI is InChI=1S/C9H10N4O3/c14-9(15-5-7-10-1-2-11-7)16-6-8-12-3-4-13-8/h1-4,7-8H,5-6H2. The van der Waals surface area contributed by atoms with Crippen LogP contribution in [0.2, 0.25) is 0 Å². The molecule has 16 heavy (non-hydrogen) atoms. The van der Waals surface area contributed by atoms with E-state index in [4.69, 9.17) is 9.47 Å². The van der Waals surface area contributed by atoms with Crippen LogP contribution in [0, 0.1) is 0 Å². The van der Waals surface area contributed by atoms with Crippen LogP contribution >= 0.6 is 0 Å². The number of hydrogen-bond donors (Lipinski definition) is 0. The molecule has 0 N–H and O–H groups in total. The van der Waals surface area contributed by atoms with Crippen LogP contribution < -0.4 is 0 Å². The van der Waals surface area contributed by atoms with Crippen molar-refractivity contribution in [1.29, 1.82) is 0 Å². The summed E-state index contributed by atoms with van der Waals surface area (Å²) in [7, 11) is 0. The second-order valence-corrected chi connectivity index (χ2v) is 3.03. The highest BCUT2D eigenvalue weighted by Gasteiger charge is 2.13. The molecule has 0 atom stereocenters. The normalized spacial score (nSPS) is 18.5. The summed E-state index contributed by atoms with van der Waals surface area (Å²) >= 11 is 0. The fraction of sp³-hybridized carbons (Fsp3) is 0.444. The first-order valence-electron chi connectivity index (χ1n) is 4.74. The van der Waals surface area contributed by atoms with Gasteiger partial charge < -0.3 is 9.47 Å². The molecule has 0 aromatic rings. The van der Waals surface area contributed by atoms with Gasteiger partial charge >= 0.3 is 6.16 Å². The second-order valence-electron chi connectivity index (χ2n) is 3.03. The summed E-state index contributed by atoms with van der Waals surface area (Å²) in [4.78, 5) is 26.8. The van der Waals surface area contributed by atoms with E-state index in [0.717, 1.165) is 0 Å². The van der Waals surface area contributed by atoms with Crippen LogP contribution in [0.25, 0.3) is 0 Å². The Hall–Kier alpha value is -2.05. The van der Waals surface area contributed by atoms with E-state index in [1.807, 2.05) is 0 Å². The summed E-state index contributed by atoms with van der Waals surface area (Å²) in [6.07, 6.45) is 4.80. The largest absolute Gasteiger partial charge is 0.508 e. The summed E-state index contributed by atoms with van der Waals surface area (Å²) in [5, 5.41) is 0. The van der Waals surface area contributed by atoms with Gasteiger partial charge in [-0.05, 0) is 0 Å². The zero-order chi connectivity index (χ0) is 11.2. The fourth-order valence-electron chi connectivity index (χ4n) is 1.13. The van der Waals surface area contributed by atoms with Crippen LogP contribution in [0.15, 0.2) is 20.0 Å². The predicted octanol–water partition coefficient (Wildman–Crippen LogP) is 0.102. The molecular weight excluding hydrogens is 212 g/mol. The number of carbonyl (C=O) groups excluding carboxylic acids is 1. The van der Waals surface area contributed by atoms with Gasteiger partial charge in [0.2, 0.25) is 0 Å². The summed E-state index contributed by atoms with van der Waals surface area (Å²) < 4.78 is 9.59. The zero-order valence-electron chi connectivity index (χ0n) is 8.39. The molecule has 0 unspecified atom stereocenters. The van der Waals surface area contributed by atoms with E-state index in [2.05, 4.69) is 20.0 Å². The van der Waals surface area contributed by atoms with E-state index >= 15 is 0 Å². The molecule has 0 aromatic carbocycles. The molecule has 0 spiro atoms. The number of rotatable bonds is 4. The number of aliphatic imine (C=N–C) groups is 4. The highest BCUT2D eigenvalue weighted by atomic mass is 16.7. The topological polar surface area (TPSA) is 85.0 Å². The minimum absolute atomic E-state index is 0.0863. The molecular formula is C9H10N4O3. The number of hydrogen-bond acceptors (Lipinski definition) is 7. The van der Waals surface area contributed by atoms with Crippen LogP contribution in [0.5, 0.6) is 0 Å². The van der Waals surface area contributed by atoms with Crippen molar-refractivity contribution in [3.8, 4) is 0 Å². The third-order valence-corrected chi connectivity index (χ3v) is 1.87. The van der Waals surface area contributed by atoms with Crippen LogP contribution in [0.3, 0.4) is 0 Å². The Morgan fingerprint density at radius 2 is 1.25 bits per heavy atom. The van der Waals surface area contributed by atoms with Crippen LogP contribution in [0.4, 0.5) is 4.79 Å². The first-order chi connectivity index (χ1) is 7.84. The minimum atomic E-state index is -0.755. The van der Waals surface area contributed by atoms with Gasteiger partial charge in [-0.3, -0.25) is 20.0 Å². The molecule has 0 saturated carbocycles. The average molecular weight is 222 g/mol. The number of nitrogens with zero attached hydrogens (tertiary/aromatic N) is 4. The van der Waals surface area contributed by atoms with Gasteiger partial charge in [-0.2, -0.15) is 0 Å². The van der Waals surface area contributed by atoms with Crippen molar-refractivity contribution in [2.45, 2.75) is 12.3 Å². The smallest absolute Gasteiger partial charge is 0.430 e. The van der Waals surface area contributed by atoms with Gasteiger partial charge in [-0.15, -0.1) is 0 Å². The van der Waals surface area contributed by atoms with Gasteiger partial charge in [-0.25, -0.2) is 4.79 Å². The van der Waals surface area contributed by atoms with Crippen molar-refractivity contribution in [3.63, 3.8) is 0 Å². The third kappa shape index (κ3) is 2.97. The Morgan fingerprint density at radius 3 is 1.62 bits per heavy atom. The van der Waals surface area contributed by atoms with Gasteiger partial charge in [-0.1, -0.05) is 0 Å². The van der Waals surface area contributed by atoms with Gasteiger partial charge in [0.25, 0.3) is 0 Å². The molecule has 0 aliphatic carbocycles. The van der Waals surface area contributed by atoms with Crippen molar-refractivity contribution in [2.75, 3.05) is 13.2 Å². The Morgan fingerprint density at radius 1 is 0.875 bits per heavy atom. The van der Waals surface area contributed by atoms with E-state index in [0.29, 0.717) is 0 Å². The molecule has 7 nitrogen and oxygen atoms in total. The maximum atomic E-state index is 11.1. The van der Waals surface area contributed by atoms with Crippen LogP contribution in [-0.2, 0) is 9.47 Å². The molecule has 0 amide bonds. The van der Waals surface area contributed by atoms with E-state index in [9.17, 15) is 4.79 Å². The molecule has 84 valence electrons. The van der Waals surface area contributed by atoms with Gasteiger partial charge in [0.1, 0.15) is 13.2 Å². The molecule has 0 saturated heterocycles. The third-order valence-electron chi connectivity index (χ3n) is 1.87. The maximum absolute atomic E-state index is 11.1. The van der Waals surface area contributed by atoms with Crippen molar-refractivity contribution < 1.29 is 14.3 Å². The monoisotopic (exact) mass is 222 g/mol. The minimum Gasteiger partial charge on any atom is -0.430 e. The number of carbonyl (C=O) groups is 1. The molecule has 2 rings (SSSR count). The molecule has 0 fully saturated rings. The van der Waals surface area contributed by atoms with E-state index in [1.54, 1.807) is 24.9 Å². The molecule has 0 bridgehead atoms. The van der Waals surface area contributed by atoms with E-state index in [1.165, 1.54) is 0 Å². The molecule has 7 heteroatoms. The van der Waals surface area contributed by atoms with Crippen LogP contribution in [0.1, 0.15) is 0 Å². The number of ether oxygens (including phenoxy) is 2. The lowest BCUT2D eigenvalue weighted by molar-refractivity contribution is 0.0491. The van der Waals surface area contributed by atoms with Crippen molar-refractivity contribution in [2.24, 2.45) is 20.0 Å². The quantitative estimate of drug-likeness (QED) is 0.632. The lowest BCUT2D eigenvalue weighted by Crippen LogP contribution is -2.18. The van der Waals surface area contributed by atoms with Crippen LogP contribution in [-0.4, -0.2) is 56.6 Å². The average Bonchev–Trinajstić information content (AvgIpc) is 2.96. The van der Waals surface area contributed by atoms with Gasteiger partial charge in [0, 0.05) is 24.9 Å². The first kappa shape index (κ1) is 10.5. The summed E-state index contributed by atoms with van der Waals surface area (Å²) in [6.45, 7) is 0.173. The highest BCUT2D eigenvalue weighted by molar-refractivity contribution is 6.17. The highest BCUT2D eigenvalue weighted by Crippen LogP contribution is 2.01. The van der Waals surface area contributed by atoms with E-state index < -0.39 is 6.16 Å². The molecule has 2 aliphatic rings. The summed E-state index contributed by atoms with van der Waals surface area (Å²) in [6, 6.07) is 0. The Labute approximate surface area is 91.6 Å². The zero-order valence-corrected chi connectivity index (χ0v) is 8.39. The summed E-state index contributed by atoms with van der Waals surface area (Å²) in [5.74, 6) is 0. The van der Waals surface area contributed by atoms with E-state index in [-0.39, 0.29) is 25.5 Å². The SMILES string of the molecule is O=C(OCC1N=CC=N1)OCC1N=CC=N1. The molecule has 2 aliphatic heterocycles. The molecule has 2 heterocycles. The van der Waals surface area contributed by atoms with Gasteiger partial charge in [0.15, 0.2) is 12.3 Å². The Balaban J connectivity index is 1.60. The lowest BCUT2D eigenvalue weighted by atomic mass is 10.6. The molecule has 0 radical (unpaired) electrons. The van der Waals surface area contributed by atoms with Gasteiger partial charge in [0.05, 0.1) is 0 Å². The predicted molar refractivity (Wildman–Crippen MR) is 58.8 cm³/mol. The van der Waals surface area contributed by atoms with Crippen molar-refractivity contribution in [1.82, 2.24) is 0 Å². The second kappa shape index (κ2) is 5.15. The fourth-order valence-corrected chi connectivity index (χ4v) is 1.13. The summed E-state index contributed by atoms with van der Waals surface area (Å²) in [5.41, 5.74) is 0. The van der Waals surface area contributed by atoms with Crippen molar-refractivity contribution >= 4 is 31.0 Å². The van der Waals surface area contributed by atoms with Crippen molar-refractivity contribution in [3.05, 3.63) is 0 Å². The Bertz CT molecular complexity index is 317. The lowest BCUT2D eigenvalue weighted by Gasteiger charge is -2.08.